The van der Waals surface area contributed by atoms with Crippen LogP contribution in [0.4, 0.5) is 0 Å². The van der Waals surface area contributed by atoms with E-state index in [1.807, 2.05) is 35.6 Å². The predicted octanol–water partition coefficient (Wildman–Crippen LogP) is 3.14. The smallest absolute Gasteiger partial charge is 0.249 e. The minimum Gasteiger partial charge on any atom is -0.341 e. The second-order valence-corrected chi connectivity index (χ2v) is 8.23. The summed E-state index contributed by atoms with van der Waals surface area (Å²) in [6.45, 7) is 3.28. The van der Waals surface area contributed by atoms with E-state index in [9.17, 15) is 4.79 Å². The number of amides is 1. The Morgan fingerprint density at radius 3 is 2.60 bits per heavy atom. The highest BCUT2D eigenvalue weighted by Crippen LogP contribution is 2.28. The summed E-state index contributed by atoms with van der Waals surface area (Å²) in [5.41, 5.74) is 0.807. The Morgan fingerprint density at radius 2 is 2.00 bits per heavy atom. The van der Waals surface area contributed by atoms with Gasteiger partial charge in [0, 0.05) is 36.6 Å². The molecule has 0 radical (unpaired) electrons. The second-order valence-electron chi connectivity index (χ2n) is 7.41. The molecule has 1 unspecified atom stereocenters. The summed E-state index contributed by atoms with van der Waals surface area (Å²) in [4.78, 5) is 16.5. The molecule has 9 nitrogen and oxygen atoms in total. The molecule has 11 heteroatoms. The Hall–Kier alpha value is -2.59. The number of benzene rings is 1. The summed E-state index contributed by atoms with van der Waals surface area (Å²) >= 11 is 11.1. The van der Waals surface area contributed by atoms with Gasteiger partial charge in [0.2, 0.25) is 11.7 Å². The Labute approximate surface area is 184 Å². The molecule has 0 bridgehead atoms. The van der Waals surface area contributed by atoms with Gasteiger partial charge in [-0.05, 0) is 61.0 Å². The molecule has 3 heterocycles. The number of rotatable bonds is 5. The second kappa shape index (κ2) is 8.65. The van der Waals surface area contributed by atoms with E-state index in [1.54, 1.807) is 12.1 Å². The van der Waals surface area contributed by atoms with E-state index in [0.717, 1.165) is 24.2 Å². The Morgan fingerprint density at radius 1 is 1.30 bits per heavy atom. The number of piperidine rings is 1. The highest BCUT2D eigenvalue weighted by Gasteiger charge is 2.31. The molecule has 2 aromatic heterocycles. The number of aromatic nitrogens is 7. The highest BCUT2D eigenvalue weighted by molar-refractivity contribution is 7.71. The zero-order chi connectivity index (χ0) is 21.3. The summed E-state index contributed by atoms with van der Waals surface area (Å²) in [6, 6.07) is 6.74. The summed E-state index contributed by atoms with van der Waals surface area (Å²) < 4.78 is 2.52. The molecule has 0 spiro atoms. The summed E-state index contributed by atoms with van der Waals surface area (Å²) in [6.07, 6.45) is 2.27. The maximum atomic E-state index is 13.2. The van der Waals surface area contributed by atoms with Gasteiger partial charge in [-0.1, -0.05) is 18.5 Å². The molecule has 1 N–H and O–H groups in total. The van der Waals surface area contributed by atoms with E-state index in [4.69, 9.17) is 23.8 Å². The molecule has 1 aliphatic rings. The lowest BCUT2D eigenvalue weighted by Gasteiger charge is -2.33. The van der Waals surface area contributed by atoms with Gasteiger partial charge in [-0.15, -0.1) is 10.2 Å². The molecule has 30 heavy (non-hydrogen) atoms. The van der Waals surface area contributed by atoms with E-state index >= 15 is 0 Å². The lowest BCUT2D eigenvalue weighted by atomic mass is 9.95. The van der Waals surface area contributed by atoms with Crippen molar-refractivity contribution in [1.29, 1.82) is 0 Å². The van der Waals surface area contributed by atoms with Crippen molar-refractivity contribution in [3.8, 4) is 11.4 Å². The Bertz CT molecular complexity index is 1080. The fourth-order valence-electron chi connectivity index (χ4n) is 3.80. The normalized spacial score (nSPS) is 16.0. The van der Waals surface area contributed by atoms with Crippen molar-refractivity contribution in [2.24, 2.45) is 7.05 Å². The molecule has 1 saturated heterocycles. The number of halogens is 1. The number of nitrogens with zero attached hydrogens (tertiary/aromatic N) is 7. The van der Waals surface area contributed by atoms with E-state index in [2.05, 4.69) is 25.6 Å². The van der Waals surface area contributed by atoms with Gasteiger partial charge in [0.05, 0.1) is 0 Å². The molecule has 1 fully saturated rings. The van der Waals surface area contributed by atoms with Gasteiger partial charge in [-0.25, -0.2) is 0 Å². The van der Waals surface area contributed by atoms with Crippen LogP contribution < -0.4 is 0 Å². The van der Waals surface area contributed by atoms with Crippen molar-refractivity contribution in [1.82, 2.24) is 39.9 Å². The number of carbonyl (C=O) groups is 1. The summed E-state index contributed by atoms with van der Waals surface area (Å²) in [7, 11) is 1.92. The van der Waals surface area contributed by atoms with Gasteiger partial charge >= 0.3 is 0 Å². The van der Waals surface area contributed by atoms with Crippen molar-refractivity contribution >= 4 is 29.7 Å². The first-order valence-electron chi connectivity index (χ1n) is 9.93. The number of aromatic amines is 1. The van der Waals surface area contributed by atoms with Crippen LogP contribution in [-0.4, -0.2) is 58.9 Å². The lowest BCUT2D eigenvalue weighted by molar-refractivity contribution is -0.136. The fourth-order valence-corrected chi connectivity index (χ4v) is 4.07. The van der Waals surface area contributed by atoms with Crippen LogP contribution in [0.3, 0.4) is 0 Å². The molecule has 4 rings (SSSR count). The zero-order valence-corrected chi connectivity index (χ0v) is 18.4. The molecule has 1 amide bonds. The van der Waals surface area contributed by atoms with Crippen molar-refractivity contribution in [3.63, 3.8) is 0 Å². The van der Waals surface area contributed by atoms with Gasteiger partial charge in [-0.3, -0.25) is 9.89 Å². The topological polar surface area (TPSA) is 97.5 Å². The van der Waals surface area contributed by atoms with E-state index in [0.29, 0.717) is 35.1 Å². The third kappa shape index (κ3) is 4.01. The van der Waals surface area contributed by atoms with Crippen LogP contribution in [0, 0.1) is 4.77 Å². The molecule has 1 aromatic carbocycles. The van der Waals surface area contributed by atoms with Crippen LogP contribution in [0.15, 0.2) is 24.3 Å². The quantitative estimate of drug-likeness (QED) is 0.604. The predicted molar refractivity (Wildman–Crippen MR) is 115 cm³/mol. The van der Waals surface area contributed by atoms with Crippen LogP contribution in [0.5, 0.6) is 0 Å². The molecule has 0 aliphatic carbocycles. The molecule has 0 saturated carbocycles. The first-order valence-corrected chi connectivity index (χ1v) is 10.7. The number of hydrogen-bond donors (Lipinski definition) is 1. The van der Waals surface area contributed by atoms with Crippen molar-refractivity contribution in [2.75, 3.05) is 13.1 Å². The minimum absolute atomic E-state index is 0.0198. The van der Waals surface area contributed by atoms with Crippen LogP contribution in [0.1, 0.15) is 44.0 Å². The number of hydrogen-bond acceptors (Lipinski definition) is 6. The molecule has 158 valence electrons. The SMILES string of the molecule is CCC(C(=O)N1CCC(c2n[nH]c(=S)n2C)CC1)n1nnc(-c2ccc(Cl)cc2)n1. The van der Waals surface area contributed by atoms with Gasteiger partial charge < -0.3 is 9.47 Å². The highest BCUT2D eigenvalue weighted by atomic mass is 35.5. The van der Waals surface area contributed by atoms with Crippen molar-refractivity contribution in [2.45, 2.75) is 38.1 Å². The van der Waals surface area contributed by atoms with Gasteiger partial charge in [0.15, 0.2) is 10.8 Å². The van der Waals surface area contributed by atoms with E-state index < -0.39 is 6.04 Å². The lowest BCUT2D eigenvalue weighted by Crippen LogP contribution is -2.42. The number of tetrazole rings is 1. The van der Waals surface area contributed by atoms with E-state index in [-0.39, 0.29) is 11.8 Å². The Kier molecular flexibility index (Phi) is 5.96. The monoisotopic (exact) mass is 446 g/mol. The molecular weight excluding hydrogens is 424 g/mol. The number of likely N-dealkylation sites (tertiary alicyclic amines) is 1. The van der Waals surface area contributed by atoms with Gasteiger partial charge in [0.1, 0.15) is 5.82 Å². The number of nitrogens with one attached hydrogen (secondary N) is 1. The molecule has 1 atom stereocenters. The number of H-pyrrole nitrogens is 1. The average molecular weight is 447 g/mol. The fraction of sp³-hybridized carbons (Fsp3) is 0.474. The minimum atomic E-state index is -0.476. The van der Waals surface area contributed by atoms with Crippen LogP contribution in [-0.2, 0) is 11.8 Å². The average Bonchev–Trinajstić information content (AvgIpc) is 3.37. The maximum absolute atomic E-state index is 13.2. The van der Waals surface area contributed by atoms with Crippen LogP contribution in [0.2, 0.25) is 5.02 Å². The maximum Gasteiger partial charge on any atom is 0.249 e. The molecule has 3 aromatic rings. The zero-order valence-electron chi connectivity index (χ0n) is 16.8. The summed E-state index contributed by atoms with van der Waals surface area (Å²) in [5.74, 6) is 1.73. The van der Waals surface area contributed by atoms with Crippen molar-refractivity contribution in [3.05, 3.63) is 39.9 Å². The summed E-state index contributed by atoms with van der Waals surface area (Å²) in [5, 5.41) is 20.5. The van der Waals surface area contributed by atoms with E-state index in [1.165, 1.54) is 4.80 Å². The molecular formula is C19H23ClN8OS. The van der Waals surface area contributed by atoms with Gasteiger partial charge in [-0.2, -0.15) is 9.90 Å². The first kappa shape index (κ1) is 20.7. The third-order valence-electron chi connectivity index (χ3n) is 5.57. The third-order valence-corrected chi connectivity index (χ3v) is 6.18. The first-order chi connectivity index (χ1) is 14.5. The molecule has 1 aliphatic heterocycles. The largest absolute Gasteiger partial charge is 0.341 e. The Balaban J connectivity index is 1.44. The van der Waals surface area contributed by atoms with Crippen molar-refractivity contribution < 1.29 is 4.79 Å². The number of carbonyl (C=O) groups excluding carboxylic acids is 1. The van der Waals surface area contributed by atoms with Gasteiger partial charge in [0.25, 0.3) is 0 Å². The van der Waals surface area contributed by atoms with Crippen LogP contribution in [0.25, 0.3) is 11.4 Å². The standard InChI is InChI=1S/C19H23ClN8OS/c1-3-15(28-24-16(21-25-28)12-4-6-14(20)7-5-12)18(29)27-10-8-13(9-11-27)17-22-23-19(30)26(17)2/h4-7,13,15H,3,8-11H2,1-2H3,(H,23,30). The van der Waals surface area contributed by atoms with Crippen LogP contribution >= 0.6 is 23.8 Å².